The maximum absolute atomic E-state index is 5.99. The third-order valence-electron chi connectivity index (χ3n) is 2.35. The van der Waals surface area contributed by atoms with Gasteiger partial charge in [-0.05, 0) is 30.9 Å². The number of halogens is 2. The molecule has 1 aliphatic carbocycles. The van der Waals surface area contributed by atoms with Crippen LogP contribution in [0.3, 0.4) is 0 Å². The van der Waals surface area contributed by atoms with Crippen LogP contribution in [0.5, 0.6) is 5.88 Å². The van der Waals surface area contributed by atoms with Crippen molar-refractivity contribution in [3.05, 3.63) is 22.8 Å². The Labute approximate surface area is 93.2 Å². The second-order valence-corrected chi connectivity index (χ2v) is 4.11. The summed E-state index contributed by atoms with van der Waals surface area (Å²) in [5.41, 5.74) is 0.914. The molecule has 1 fully saturated rings. The molecular weight excluding hydrogens is 221 g/mol. The van der Waals surface area contributed by atoms with E-state index >= 15 is 0 Å². The van der Waals surface area contributed by atoms with Crippen LogP contribution in [0.1, 0.15) is 24.8 Å². The average molecular weight is 232 g/mol. The molecule has 0 amide bonds. The molecule has 0 saturated heterocycles. The van der Waals surface area contributed by atoms with E-state index in [1.165, 1.54) is 6.42 Å². The van der Waals surface area contributed by atoms with Gasteiger partial charge in [-0.25, -0.2) is 4.98 Å². The lowest BCUT2D eigenvalue weighted by Gasteiger charge is -2.26. The minimum Gasteiger partial charge on any atom is -0.473 e. The highest BCUT2D eigenvalue weighted by Crippen LogP contribution is 2.29. The van der Waals surface area contributed by atoms with E-state index in [0.29, 0.717) is 22.9 Å². The van der Waals surface area contributed by atoms with E-state index in [9.17, 15) is 0 Å². The van der Waals surface area contributed by atoms with E-state index < -0.39 is 0 Å². The fourth-order valence-electron chi connectivity index (χ4n) is 1.27. The van der Waals surface area contributed by atoms with Gasteiger partial charge in [0, 0.05) is 12.1 Å². The van der Waals surface area contributed by atoms with Gasteiger partial charge in [-0.15, -0.1) is 11.6 Å². The van der Waals surface area contributed by atoms with Crippen LogP contribution in [0.15, 0.2) is 12.3 Å². The van der Waals surface area contributed by atoms with Crippen molar-refractivity contribution < 1.29 is 4.74 Å². The number of pyridine rings is 1. The van der Waals surface area contributed by atoms with Crippen molar-refractivity contribution >= 4 is 23.2 Å². The van der Waals surface area contributed by atoms with Crippen molar-refractivity contribution in [3.63, 3.8) is 0 Å². The van der Waals surface area contributed by atoms with Crippen LogP contribution >= 0.6 is 23.2 Å². The molecule has 0 aromatic carbocycles. The van der Waals surface area contributed by atoms with Gasteiger partial charge in [0.1, 0.15) is 11.1 Å². The van der Waals surface area contributed by atoms with Crippen molar-refractivity contribution in [1.29, 1.82) is 0 Å². The van der Waals surface area contributed by atoms with E-state index in [-0.39, 0.29) is 0 Å². The van der Waals surface area contributed by atoms with Gasteiger partial charge < -0.3 is 4.74 Å². The predicted molar refractivity (Wildman–Crippen MR) is 57.1 cm³/mol. The van der Waals surface area contributed by atoms with E-state index in [1.54, 1.807) is 12.3 Å². The normalized spacial score (nSPS) is 16.4. The lowest BCUT2D eigenvalue weighted by Crippen LogP contribution is -2.25. The first-order chi connectivity index (χ1) is 6.79. The lowest BCUT2D eigenvalue weighted by atomic mass is 9.96. The first kappa shape index (κ1) is 10.1. The molecule has 1 saturated carbocycles. The van der Waals surface area contributed by atoms with Crippen LogP contribution in [0.25, 0.3) is 0 Å². The van der Waals surface area contributed by atoms with Crippen LogP contribution in [-0.4, -0.2) is 11.1 Å². The molecule has 0 spiro atoms. The van der Waals surface area contributed by atoms with Gasteiger partial charge in [-0.3, -0.25) is 0 Å². The summed E-state index contributed by atoms with van der Waals surface area (Å²) in [7, 11) is 0. The molecule has 1 heterocycles. The number of rotatable bonds is 3. The van der Waals surface area contributed by atoms with Gasteiger partial charge in [0.15, 0.2) is 0 Å². The van der Waals surface area contributed by atoms with Gasteiger partial charge >= 0.3 is 0 Å². The molecule has 76 valence electrons. The molecular formula is C10H11Cl2NO. The molecule has 4 heteroatoms. The van der Waals surface area contributed by atoms with Crippen LogP contribution in [-0.2, 0) is 5.88 Å². The van der Waals surface area contributed by atoms with Crippen molar-refractivity contribution in [3.8, 4) is 5.88 Å². The smallest absolute Gasteiger partial charge is 0.232 e. The zero-order valence-corrected chi connectivity index (χ0v) is 9.18. The molecule has 0 N–H and O–H groups in total. The molecule has 0 unspecified atom stereocenters. The fraction of sp³-hybridized carbons (Fsp3) is 0.500. The van der Waals surface area contributed by atoms with Crippen molar-refractivity contribution in [1.82, 2.24) is 4.98 Å². The highest BCUT2D eigenvalue weighted by atomic mass is 35.5. The Balaban J connectivity index is 2.09. The second-order valence-electron chi connectivity index (χ2n) is 3.43. The Hall–Kier alpha value is -0.470. The maximum atomic E-state index is 5.99. The summed E-state index contributed by atoms with van der Waals surface area (Å²) in [6.07, 6.45) is 5.46. The van der Waals surface area contributed by atoms with Gasteiger partial charge in [-0.2, -0.15) is 0 Å². The van der Waals surface area contributed by atoms with Crippen LogP contribution in [0, 0.1) is 0 Å². The molecule has 2 rings (SSSR count). The zero-order valence-electron chi connectivity index (χ0n) is 7.67. The molecule has 1 aromatic heterocycles. The number of hydrogen-bond acceptors (Lipinski definition) is 2. The largest absolute Gasteiger partial charge is 0.473 e. The molecule has 1 aromatic rings. The molecule has 0 bridgehead atoms. The molecule has 0 radical (unpaired) electrons. The standard InChI is InChI=1S/C10H11Cl2NO/c11-5-7-4-9(12)10(13-6-7)14-8-2-1-3-8/h4,6,8H,1-3,5H2. The average Bonchev–Trinajstić information content (AvgIpc) is 2.13. The molecule has 2 nitrogen and oxygen atoms in total. The second kappa shape index (κ2) is 4.37. The highest BCUT2D eigenvalue weighted by molar-refractivity contribution is 6.32. The third-order valence-corrected chi connectivity index (χ3v) is 2.93. The lowest BCUT2D eigenvalue weighted by molar-refractivity contribution is 0.115. The third kappa shape index (κ3) is 2.12. The van der Waals surface area contributed by atoms with E-state index in [4.69, 9.17) is 27.9 Å². The Morgan fingerprint density at radius 2 is 2.29 bits per heavy atom. The summed E-state index contributed by atoms with van der Waals surface area (Å²) in [5, 5.41) is 0.551. The van der Waals surface area contributed by atoms with Gasteiger partial charge in [0.2, 0.25) is 5.88 Å². The van der Waals surface area contributed by atoms with Crippen molar-refractivity contribution in [2.24, 2.45) is 0 Å². The first-order valence-corrected chi connectivity index (χ1v) is 5.58. The number of nitrogens with zero attached hydrogens (tertiary/aromatic N) is 1. The summed E-state index contributed by atoms with van der Waals surface area (Å²) >= 11 is 11.6. The van der Waals surface area contributed by atoms with Crippen LogP contribution in [0.4, 0.5) is 0 Å². The fourth-order valence-corrected chi connectivity index (χ4v) is 1.65. The summed E-state index contributed by atoms with van der Waals surface area (Å²) in [5.74, 6) is 0.960. The summed E-state index contributed by atoms with van der Waals surface area (Å²) < 4.78 is 5.59. The molecule has 0 aliphatic heterocycles. The topological polar surface area (TPSA) is 22.1 Å². The van der Waals surface area contributed by atoms with Crippen molar-refractivity contribution in [2.45, 2.75) is 31.2 Å². The Bertz CT molecular complexity index is 326. The molecule has 0 atom stereocenters. The van der Waals surface area contributed by atoms with E-state index in [2.05, 4.69) is 4.98 Å². The monoisotopic (exact) mass is 231 g/mol. The number of ether oxygens (including phenoxy) is 1. The Morgan fingerprint density at radius 1 is 1.50 bits per heavy atom. The van der Waals surface area contributed by atoms with Gasteiger partial charge in [-0.1, -0.05) is 11.6 Å². The summed E-state index contributed by atoms with van der Waals surface area (Å²) in [4.78, 5) is 4.13. The van der Waals surface area contributed by atoms with E-state index in [1.807, 2.05) is 0 Å². The Kier molecular flexibility index (Phi) is 3.14. The number of aromatic nitrogens is 1. The first-order valence-electron chi connectivity index (χ1n) is 4.66. The van der Waals surface area contributed by atoms with Gasteiger partial charge in [0.25, 0.3) is 0 Å². The van der Waals surface area contributed by atoms with Crippen molar-refractivity contribution in [2.75, 3.05) is 0 Å². The summed E-state index contributed by atoms with van der Waals surface area (Å²) in [6.45, 7) is 0. The quantitative estimate of drug-likeness (QED) is 0.745. The SMILES string of the molecule is ClCc1cnc(OC2CCC2)c(Cl)c1. The number of alkyl halides is 1. The highest BCUT2D eigenvalue weighted by Gasteiger charge is 2.20. The Morgan fingerprint density at radius 3 is 2.79 bits per heavy atom. The molecule has 14 heavy (non-hydrogen) atoms. The van der Waals surface area contributed by atoms with Gasteiger partial charge in [0.05, 0.1) is 0 Å². The minimum absolute atomic E-state index is 0.307. The minimum atomic E-state index is 0.307. The van der Waals surface area contributed by atoms with E-state index in [0.717, 1.165) is 18.4 Å². The summed E-state index contributed by atoms with van der Waals surface area (Å²) in [6, 6.07) is 1.80. The molecule has 1 aliphatic rings. The van der Waals surface area contributed by atoms with Crippen LogP contribution in [0.2, 0.25) is 5.02 Å². The maximum Gasteiger partial charge on any atom is 0.232 e. The predicted octanol–water partition coefficient (Wildman–Crippen LogP) is 3.41. The zero-order chi connectivity index (χ0) is 9.97. The van der Waals surface area contributed by atoms with Crippen LogP contribution < -0.4 is 4.74 Å². The number of hydrogen-bond donors (Lipinski definition) is 0.